The van der Waals surface area contributed by atoms with E-state index < -0.39 is 0 Å². The second-order valence-electron chi connectivity index (χ2n) is 6.43. The lowest BCUT2D eigenvalue weighted by Crippen LogP contribution is -2.30. The molecule has 0 radical (unpaired) electrons. The number of anilines is 1. The first kappa shape index (κ1) is 13.7. The predicted molar refractivity (Wildman–Crippen MR) is 80.4 cm³/mol. The van der Waals surface area contributed by atoms with Gasteiger partial charge in [0.25, 0.3) is 0 Å². The van der Waals surface area contributed by atoms with Gasteiger partial charge < -0.3 is 10.4 Å². The molecule has 2 N–H and O–H groups in total. The molecule has 0 saturated heterocycles. The molecule has 1 aromatic heterocycles. The van der Waals surface area contributed by atoms with E-state index >= 15 is 0 Å². The molecule has 5 heteroatoms. The molecule has 3 rings (SSSR count). The van der Waals surface area contributed by atoms with Crippen molar-refractivity contribution in [3.05, 3.63) is 41.6 Å². The minimum absolute atomic E-state index is 0.0261. The first-order valence-corrected chi connectivity index (χ1v) is 7.03. The molecule has 1 aliphatic rings. The number of phenolic OH excluding ortho intramolecular Hbond substituents is 1. The van der Waals surface area contributed by atoms with Gasteiger partial charge in [0.15, 0.2) is 0 Å². The van der Waals surface area contributed by atoms with E-state index in [1.807, 2.05) is 37.7 Å². The summed E-state index contributed by atoms with van der Waals surface area (Å²) in [6.45, 7) is 6.14. The van der Waals surface area contributed by atoms with E-state index in [2.05, 4.69) is 10.4 Å². The van der Waals surface area contributed by atoms with Gasteiger partial charge in [-0.1, -0.05) is 12.1 Å². The van der Waals surface area contributed by atoms with Crippen LogP contribution in [0.1, 0.15) is 44.2 Å². The number of amides is 1. The summed E-state index contributed by atoms with van der Waals surface area (Å²) >= 11 is 0. The third kappa shape index (κ3) is 2.39. The maximum absolute atomic E-state index is 12.1. The molecule has 1 aromatic carbocycles. The average Bonchev–Trinajstić information content (AvgIpc) is 2.81. The fraction of sp³-hybridized carbons (Fsp3) is 0.375. The van der Waals surface area contributed by atoms with E-state index in [1.165, 1.54) is 0 Å². The number of rotatable bonds is 1. The largest absolute Gasteiger partial charge is 0.508 e. The second-order valence-corrected chi connectivity index (χ2v) is 6.43. The van der Waals surface area contributed by atoms with Gasteiger partial charge in [0, 0.05) is 17.9 Å². The highest BCUT2D eigenvalue weighted by molar-refractivity contribution is 5.94. The lowest BCUT2D eigenvalue weighted by atomic mass is 9.87. The predicted octanol–water partition coefficient (Wildman–Crippen LogP) is 2.82. The van der Waals surface area contributed by atoms with Crippen molar-refractivity contribution in [1.29, 1.82) is 0 Å². The minimum Gasteiger partial charge on any atom is -0.508 e. The Balaban J connectivity index is 2.11. The molecule has 0 unspecified atom stereocenters. The third-order valence-electron chi connectivity index (χ3n) is 3.73. The van der Waals surface area contributed by atoms with Crippen LogP contribution < -0.4 is 5.32 Å². The van der Waals surface area contributed by atoms with E-state index in [-0.39, 0.29) is 23.1 Å². The summed E-state index contributed by atoms with van der Waals surface area (Å²) in [6.07, 6.45) is 2.18. The molecule has 1 amide bonds. The smallest absolute Gasteiger partial charge is 0.226 e. The zero-order chi connectivity index (χ0) is 15.2. The Morgan fingerprint density at radius 3 is 2.81 bits per heavy atom. The number of fused-ring (bicyclic) bond motifs is 1. The van der Waals surface area contributed by atoms with Crippen LogP contribution in [0.25, 0.3) is 0 Å². The van der Waals surface area contributed by atoms with Crippen LogP contribution in [-0.4, -0.2) is 20.8 Å². The van der Waals surface area contributed by atoms with Crippen LogP contribution in [0.5, 0.6) is 5.75 Å². The van der Waals surface area contributed by atoms with Crippen LogP contribution in [-0.2, 0) is 10.3 Å². The Labute approximate surface area is 123 Å². The lowest BCUT2D eigenvalue weighted by molar-refractivity contribution is -0.116. The van der Waals surface area contributed by atoms with E-state index in [0.717, 1.165) is 16.9 Å². The molecule has 2 aromatic rings. The summed E-state index contributed by atoms with van der Waals surface area (Å²) in [7, 11) is 0. The Hall–Kier alpha value is -2.30. The van der Waals surface area contributed by atoms with Crippen molar-refractivity contribution in [3.8, 4) is 5.75 Å². The SMILES string of the molecule is CC(C)(C)n1ncc2c1NC(=O)C[C@H]2c1cccc(O)c1. The van der Waals surface area contributed by atoms with Crippen molar-refractivity contribution in [2.24, 2.45) is 0 Å². The molecule has 1 aliphatic heterocycles. The molecule has 0 spiro atoms. The van der Waals surface area contributed by atoms with Gasteiger partial charge in [-0.2, -0.15) is 5.10 Å². The number of carbonyl (C=O) groups is 1. The maximum atomic E-state index is 12.1. The fourth-order valence-electron chi connectivity index (χ4n) is 2.77. The Bertz CT molecular complexity index is 698. The Kier molecular flexibility index (Phi) is 3.01. The number of hydrogen-bond acceptors (Lipinski definition) is 3. The van der Waals surface area contributed by atoms with Crippen molar-refractivity contribution in [2.45, 2.75) is 38.6 Å². The van der Waals surface area contributed by atoms with Gasteiger partial charge in [0.2, 0.25) is 5.91 Å². The minimum atomic E-state index is -0.207. The van der Waals surface area contributed by atoms with Gasteiger partial charge in [0.1, 0.15) is 11.6 Å². The second kappa shape index (κ2) is 4.62. The molecular weight excluding hydrogens is 266 g/mol. The summed E-state index contributed by atoms with van der Waals surface area (Å²) in [6, 6.07) is 7.07. The molecule has 21 heavy (non-hydrogen) atoms. The van der Waals surface area contributed by atoms with Crippen LogP contribution in [0, 0.1) is 0 Å². The topological polar surface area (TPSA) is 67.2 Å². The van der Waals surface area contributed by atoms with Crippen molar-refractivity contribution < 1.29 is 9.90 Å². The van der Waals surface area contributed by atoms with E-state index in [9.17, 15) is 9.90 Å². The Morgan fingerprint density at radius 2 is 2.14 bits per heavy atom. The van der Waals surface area contributed by atoms with Crippen LogP contribution in [0.2, 0.25) is 0 Å². The van der Waals surface area contributed by atoms with Gasteiger partial charge in [-0.15, -0.1) is 0 Å². The van der Waals surface area contributed by atoms with Crippen molar-refractivity contribution in [2.75, 3.05) is 5.32 Å². The number of phenols is 1. The lowest BCUT2D eigenvalue weighted by Gasteiger charge is -2.28. The summed E-state index contributed by atoms with van der Waals surface area (Å²) in [5.74, 6) is 0.870. The van der Waals surface area contributed by atoms with Crippen LogP contribution in [0.3, 0.4) is 0 Å². The van der Waals surface area contributed by atoms with E-state index in [4.69, 9.17) is 0 Å². The summed E-state index contributed by atoms with van der Waals surface area (Å²) < 4.78 is 1.84. The highest BCUT2D eigenvalue weighted by Crippen LogP contribution is 2.39. The molecule has 1 atom stereocenters. The fourth-order valence-corrected chi connectivity index (χ4v) is 2.77. The third-order valence-corrected chi connectivity index (χ3v) is 3.73. The first-order chi connectivity index (χ1) is 9.86. The molecule has 110 valence electrons. The molecular formula is C16H19N3O2. The number of hydrogen-bond donors (Lipinski definition) is 2. The van der Waals surface area contributed by atoms with Gasteiger partial charge in [0.05, 0.1) is 11.7 Å². The number of benzene rings is 1. The molecule has 2 heterocycles. The quantitative estimate of drug-likeness (QED) is 0.846. The van der Waals surface area contributed by atoms with Gasteiger partial charge in [-0.3, -0.25) is 4.79 Å². The highest BCUT2D eigenvalue weighted by Gasteiger charge is 2.32. The standard InChI is InChI=1S/C16H19N3O2/c1-16(2,3)19-15-13(9-17-19)12(8-14(21)18-15)10-5-4-6-11(20)7-10/h4-7,9,12,20H,8H2,1-3H3,(H,18,21)/t12-/m0/s1. The zero-order valence-electron chi connectivity index (χ0n) is 12.4. The number of carbonyl (C=O) groups excluding carboxylic acids is 1. The molecule has 0 fully saturated rings. The number of nitrogens with zero attached hydrogens (tertiary/aromatic N) is 2. The molecule has 5 nitrogen and oxygen atoms in total. The average molecular weight is 285 g/mol. The van der Waals surface area contributed by atoms with Crippen molar-refractivity contribution in [3.63, 3.8) is 0 Å². The van der Waals surface area contributed by atoms with Gasteiger partial charge in [-0.05, 0) is 38.5 Å². The summed E-state index contributed by atoms with van der Waals surface area (Å²) in [5, 5.41) is 17.0. The van der Waals surface area contributed by atoms with Crippen LogP contribution >= 0.6 is 0 Å². The monoisotopic (exact) mass is 285 g/mol. The zero-order valence-corrected chi connectivity index (χ0v) is 12.4. The molecule has 0 saturated carbocycles. The maximum Gasteiger partial charge on any atom is 0.226 e. The van der Waals surface area contributed by atoms with Crippen molar-refractivity contribution >= 4 is 11.7 Å². The molecule has 0 aliphatic carbocycles. The number of aromatic nitrogens is 2. The number of nitrogens with one attached hydrogen (secondary N) is 1. The summed E-state index contributed by atoms with van der Waals surface area (Å²) in [4.78, 5) is 12.1. The van der Waals surface area contributed by atoms with Gasteiger partial charge >= 0.3 is 0 Å². The Morgan fingerprint density at radius 1 is 1.38 bits per heavy atom. The van der Waals surface area contributed by atoms with E-state index in [1.54, 1.807) is 18.2 Å². The van der Waals surface area contributed by atoms with Crippen molar-refractivity contribution in [1.82, 2.24) is 9.78 Å². The van der Waals surface area contributed by atoms with E-state index in [0.29, 0.717) is 6.42 Å². The first-order valence-electron chi connectivity index (χ1n) is 7.03. The normalized spacial score (nSPS) is 18.2. The van der Waals surface area contributed by atoms with Gasteiger partial charge in [-0.25, -0.2) is 4.68 Å². The number of aromatic hydroxyl groups is 1. The van der Waals surface area contributed by atoms with Crippen LogP contribution in [0.4, 0.5) is 5.82 Å². The summed E-state index contributed by atoms with van der Waals surface area (Å²) in [5.41, 5.74) is 1.72. The molecule has 0 bridgehead atoms. The highest BCUT2D eigenvalue weighted by atomic mass is 16.3. The van der Waals surface area contributed by atoms with Crippen LogP contribution in [0.15, 0.2) is 30.5 Å².